The Balaban J connectivity index is 2.76. The minimum absolute atomic E-state index is 0.622. The molecule has 0 unspecified atom stereocenters. The van der Waals surface area contributed by atoms with Crippen molar-refractivity contribution in [2.75, 3.05) is 0 Å². The molecule has 0 heterocycles. The Morgan fingerprint density at radius 1 is 1.64 bits per heavy atom. The average Bonchev–Trinajstić information content (AvgIpc) is 2.08. The Hall–Kier alpha value is -1.07. The van der Waals surface area contributed by atoms with Crippen molar-refractivity contribution in [2.45, 2.75) is 0 Å². The third kappa shape index (κ3) is 3.35. The van der Waals surface area contributed by atoms with Gasteiger partial charge in [-0.2, -0.15) is 5.10 Å². The molecular formula is C8H7BrClN3O. The lowest BCUT2D eigenvalue weighted by Crippen LogP contribution is -2.24. The maximum Gasteiger partial charge on any atom is 0.332 e. The molecule has 6 heteroatoms. The summed E-state index contributed by atoms with van der Waals surface area (Å²) in [7, 11) is 0. The molecule has 3 N–H and O–H groups in total. The van der Waals surface area contributed by atoms with E-state index in [2.05, 4.69) is 26.5 Å². The predicted octanol–water partition coefficient (Wildman–Crippen LogP) is 2.10. The van der Waals surface area contributed by atoms with Gasteiger partial charge in [0, 0.05) is 15.1 Å². The first-order valence-electron chi connectivity index (χ1n) is 3.63. The Morgan fingerprint density at radius 2 is 2.36 bits per heavy atom. The molecule has 1 aromatic carbocycles. The van der Waals surface area contributed by atoms with Gasteiger partial charge in [0.15, 0.2) is 0 Å². The van der Waals surface area contributed by atoms with E-state index >= 15 is 0 Å². The van der Waals surface area contributed by atoms with Gasteiger partial charge in [0.2, 0.25) is 0 Å². The van der Waals surface area contributed by atoms with E-state index in [9.17, 15) is 4.79 Å². The molecule has 0 saturated carbocycles. The molecule has 0 spiro atoms. The highest BCUT2D eigenvalue weighted by molar-refractivity contribution is 9.10. The Labute approximate surface area is 94.2 Å². The first-order valence-corrected chi connectivity index (χ1v) is 4.80. The average molecular weight is 277 g/mol. The van der Waals surface area contributed by atoms with Crippen LogP contribution in [0.25, 0.3) is 0 Å². The number of carbonyl (C=O) groups excluding carboxylic acids is 1. The van der Waals surface area contributed by atoms with Crippen molar-refractivity contribution < 1.29 is 4.79 Å². The van der Waals surface area contributed by atoms with Crippen LogP contribution in [0, 0.1) is 0 Å². The highest BCUT2D eigenvalue weighted by atomic mass is 79.9. The number of urea groups is 1. The van der Waals surface area contributed by atoms with E-state index in [1.54, 1.807) is 18.2 Å². The van der Waals surface area contributed by atoms with Crippen LogP contribution in [0.15, 0.2) is 27.8 Å². The van der Waals surface area contributed by atoms with Crippen molar-refractivity contribution in [3.8, 4) is 0 Å². The Morgan fingerprint density at radius 3 is 2.93 bits per heavy atom. The third-order valence-electron chi connectivity index (χ3n) is 1.34. The van der Waals surface area contributed by atoms with E-state index in [0.29, 0.717) is 5.02 Å². The zero-order valence-electron chi connectivity index (χ0n) is 7.00. The lowest BCUT2D eigenvalue weighted by atomic mass is 10.2. The highest BCUT2D eigenvalue weighted by Gasteiger charge is 1.97. The molecule has 4 nitrogen and oxygen atoms in total. The van der Waals surface area contributed by atoms with E-state index < -0.39 is 6.03 Å². The van der Waals surface area contributed by atoms with Crippen molar-refractivity contribution in [3.05, 3.63) is 33.3 Å². The first-order chi connectivity index (χ1) is 6.59. The van der Waals surface area contributed by atoms with Gasteiger partial charge in [0.05, 0.1) is 6.21 Å². The first kappa shape index (κ1) is 11.0. The fourth-order valence-corrected chi connectivity index (χ4v) is 1.56. The number of hydrazone groups is 1. The van der Waals surface area contributed by atoms with Gasteiger partial charge in [-0.1, -0.05) is 33.6 Å². The van der Waals surface area contributed by atoms with Crippen LogP contribution < -0.4 is 11.2 Å². The second-order valence-corrected chi connectivity index (χ2v) is 3.69. The molecule has 0 atom stereocenters. The zero-order chi connectivity index (χ0) is 10.6. The van der Waals surface area contributed by atoms with E-state index in [1.807, 2.05) is 0 Å². The van der Waals surface area contributed by atoms with Crippen LogP contribution in [0.2, 0.25) is 5.02 Å². The van der Waals surface area contributed by atoms with Crippen molar-refractivity contribution in [3.63, 3.8) is 0 Å². The standard InChI is InChI=1S/C8H7BrClN3O/c9-7-3-6(10)2-1-5(7)4-12-13-8(11)14/h1-4H,(H3,11,13,14)/b12-4+. The van der Waals surface area contributed by atoms with Gasteiger partial charge in [-0.15, -0.1) is 0 Å². The van der Waals surface area contributed by atoms with Gasteiger partial charge in [0.25, 0.3) is 0 Å². The lowest BCUT2D eigenvalue weighted by Gasteiger charge is -1.98. The number of rotatable bonds is 2. The second kappa shape index (κ2) is 4.97. The van der Waals surface area contributed by atoms with Gasteiger partial charge in [-0.25, -0.2) is 10.2 Å². The summed E-state index contributed by atoms with van der Waals surface area (Å²) in [4.78, 5) is 10.3. The number of amides is 2. The SMILES string of the molecule is NC(=O)N/N=C/c1ccc(Cl)cc1Br. The Kier molecular flexibility index (Phi) is 3.91. The number of carbonyl (C=O) groups is 1. The maximum absolute atomic E-state index is 10.3. The monoisotopic (exact) mass is 275 g/mol. The minimum atomic E-state index is -0.702. The van der Waals surface area contributed by atoms with Gasteiger partial charge in [0.1, 0.15) is 0 Å². The lowest BCUT2D eigenvalue weighted by molar-refractivity contribution is 0.249. The van der Waals surface area contributed by atoms with E-state index in [1.165, 1.54) is 6.21 Å². The number of nitrogens with zero attached hydrogens (tertiary/aromatic N) is 1. The molecule has 1 aromatic rings. The van der Waals surface area contributed by atoms with E-state index in [4.69, 9.17) is 17.3 Å². The summed E-state index contributed by atoms with van der Waals surface area (Å²) in [5.41, 5.74) is 7.71. The molecule has 0 fully saturated rings. The summed E-state index contributed by atoms with van der Waals surface area (Å²) in [5, 5.41) is 4.23. The quantitative estimate of drug-likeness (QED) is 0.630. The molecular weight excluding hydrogens is 269 g/mol. The van der Waals surface area contributed by atoms with E-state index in [-0.39, 0.29) is 0 Å². The third-order valence-corrected chi connectivity index (χ3v) is 2.26. The van der Waals surface area contributed by atoms with Crippen LogP contribution in [0.1, 0.15) is 5.56 Å². The van der Waals surface area contributed by atoms with Gasteiger partial charge >= 0.3 is 6.03 Å². The van der Waals surface area contributed by atoms with Crippen molar-refractivity contribution >= 4 is 39.8 Å². The number of nitrogens with one attached hydrogen (secondary N) is 1. The van der Waals surface area contributed by atoms with Gasteiger partial charge < -0.3 is 5.73 Å². The van der Waals surface area contributed by atoms with Crippen LogP contribution in [0.4, 0.5) is 4.79 Å². The summed E-state index contributed by atoms with van der Waals surface area (Å²) in [6, 6.07) is 4.51. The predicted molar refractivity (Wildman–Crippen MR) is 59.5 cm³/mol. The summed E-state index contributed by atoms with van der Waals surface area (Å²) in [6.07, 6.45) is 1.46. The van der Waals surface area contributed by atoms with Crippen LogP contribution in [0.5, 0.6) is 0 Å². The molecule has 14 heavy (non-hydrogen) atoms. The fraction of sp³-hybridized carbons (Fsp3) is 0. The molecule has 0 aliphatic carbocycles. The fourth-order valence-electron chi connectivity index (χ4n) is 0.772. The molecule has 1 rings (SSSR count). The van der Waals surface area contributed by atoms with Crippen LogP contribution in [-0.4, -0.2) is 12.2 Å². The van der Waals surface area contributed by atoms with Crippen LogP contribution in [-0.2, 0) is 0 Å². The maximum atomic E-state index is 10.3. The summed E-state index contributed by atoms with van der Waals surface area (Å²) in [6.45, 7) is 0. The zero-order valence-corrected chi connectivity index (χ0v) is 9.34. The topological polar surface area (TPSA) is 67.5 Å². The number of halogens is 2. The number of primary amides is 1. The molecule has 0 saturated heterocycles. The molecule has 0 radical (unpaired) electrons. The van der Waals surface area contributed by atoms with Crippen LogP contribution >= 0.6 is 27.5 Å². The Bertz CT molecular complexity index is 381. The van der Waals surface area contributed by atoms with E-state index in [0.717, 1.165) is 10.0 Å². The number of hydrogen-bond acceptors (Lipinski definition) is 2. The molecule has 0 bridgehead atoms. The summed E-state index contributed by atoms with van der Waals surface area (Å²) < 4.78 is 0.792. The molecule has 0 aliphatic rings. The summed E-state index contributed by atoms with van der Waals surface area (Å²) >= 11 is 9.03. The summed E-state index contributed by atoms with van der Waals surface area (Å²) in [5.74, 6) is 0. The smallest absolute Gasteiger partial charge is 0.332 e. The molecule has 0 aliphatic heterocycles. The molecule has 2 amide bonds. The largest absolute Gasteiger partial charge is 0.350 e. The van der Waals surface area contributed by atoms with Crippen molar-refractivity contribution in [1.82, 2.24) is 5.43 Å². The second-order valence-electron chi connectivity index (χ2n) is 2.40. The van der Waals surface area contributed by atoms with Crippen LogP contribution in [0.3, 0.4) is 0 Å². The number of hydrogen-bond donors (Lipinski definition) is 2. The normalized spacial score (nSPS) is 10.4. The van der Waals surface area contributed by atoms with Crippen molar-refractivity contribution in [2.24, 2.45) is 10.8 Å². The molecule has 74 valence electrons. The van der Waals surface area contributed by atoms with Crippen molar-refractivity contribution in [1.29, 1.82) is 0 Å². The van der Waals surface area contributed by atoms with Gasteiger partial charge in [-0.3, -0.25) is 0 Å². The highest BCUT2D eigenvalue weighted by Crippen LogP contribution is 2.19. The number of benzene rings is 1. The molecule has 0 aromatic heterocycles. The number of nitrogens with two attached hydrogens (primary N) is 1. The minimum Gasteiger partial charge on any atom is -0.350 e. The van der Waals surface area contributed by atoms with Gasteiger partial charge in [-0.05, 0) is 12.1 Å².